The molecule has 1 aliphatic heterocycles. The standard InChI is InChI=1S/C28H40N6/c1-20-17-21(2)29-28-27(20)30-22(3)34(28)19-24-7-11-26(12-8-24)31-25-9-5-23(6-10-25)18-33-15-13-32(4)14-16-33/h7-8,11-12,17,23,25,31H,5-6,9-10,13-16,18-19H2,1-4H3/t23-,25-. The summed E-state index contributed by atoms with van der Waals surface area (Å²) in [5, 5.41) is 3.80. The van der Waals surface area contributed by atoms with Crippen LogP contribution >= 0.6 is 0 Å². The zero-order valence-corrected chi connectivity index (χ0v) is 21.3. The molecule has 0 unspecified atom stereocenters. The minimum absolute atomic E-state index is 0.601. The Morgan fingerprint density at radius 3 is 2.32 bits per heavy atom. The van der Waals surface area contributed by atoms with Crippen molar-refractivity contribution in [1.82, 2.24) is 24.3 Å². The third-order valence-corrected chi connectivity index (χ3v) is 7.84. The van der Waals surface area contributed by atoms with E-state index in [0.717, 1.165) is 35.1 Å². The molecule has 1 aliphatic carbocycles. The molecule has 3 heterocycles. The molecule has 0 atom stereocenters. The second-order valence-electron chi connectivity index (χ2n) is 10.7. The number of aryl methyl sites for hydroxylation is 3. The minimum Gasteiger partial charge on any atom is -0.382 e. The average Bonchev–Trinajstić information content (AvgIpc) is 3.13. The SMILES string of the molecule is Cc1cc(C)c2nc(C)n(Cc3ccc(N[C@H]4CC[C@H](CN5CCN(C)CC5)CC4)cc3)c2n1. The van der Waals surface area contributed by atoms with E-state index in [9.17, 15) is 0 Å². The number of likely N-dealkylation sites (N-methyl/N-ethyl adjacent to an activating group) is 1. The van der Waals surface area contributed by atoms with E-state index in [2.05, 4.69) is 77.8 Å². The maximum absolute atomic E-state index is 4.78. The molecule has 0 radical (unpaired) electrons. The summed E-state index contributed by atoms with van der Waals surface area (Å²) in [6, 6.07) is 11.7. The lowest BCUT2D eigenvalue weighted by Crippen LogP contribution is -2.46. The van der Waals surface area contributed by atoms with Crippen molar-refractivity contribution in [2.24, 2.45) is 5.92 Å². The fraction of sp³-hybridized carbons (Fsp3) is 0.571. The first-order valence-electron chi connectivity index (χ1n) is 13.0. The quantitative estimate of drug-likeness (QED) is 0.582. The van der Waals surface area contributed by atoms with Gasteiger partial charge in [-0.25, -0.2) is 9.97 Å². The van der Waals surface area contributed by atoms with Gasteiger partial charge in [0, 0.05) is 50.1 Å². The number of nitrogens with one attached hydrogen (secondary N) is 1. The molecule has 1 saturated carbocycles. The molecule has 5 rings (SSSR count). The van der Waals surface area contributed by atoms with Crippen molar-refractivity contribution in [3.8, 4) is 0 Å². The first-order valence-corrected chi connectivity index (χ1v) is 13.0. The molecule has 34 heavy (non-hydrogen) atoms. The molecule has 1 N–H and O–H groups in total. The monoisotopic (exact) mass is 460 g/mol. The van der Waals surface area contributed by atoms with Crippen molar-refractivity contribution in [2.75, 3.05) is 45.1 Å². The van der Waals surface area contributed by atoms with Crippen LogP contribution in [0.5, 0.6) is 0 Å². The number of fused-ring (bicyclic) bond motifs is 1. The number of benzene rings is 1. The van der Waals surface area contributed by atoms with Gasteiger partial charge in [-0.3, -0.25) is 0 Å². The highest BCUT2D eigenvalue weighted by Gasteiger charge is 2.24. The summed E-state index contributed by atoms with van der Waals surface area (Å²) in [6.45, 7) is 13.3. The lowest BCUT2D eigenvalue weighted by atomic mass is 9.85. The Balaban J connectivity index is 1.15. The Bertz CT molecular complexity index is 1100. The first-order chi connectivity index (χ1) is 16.4. The van der Waals surface area contributed by atoms with Crippen LogP contribution in [-0.4, -0.2) is 70.1 Å². The topological polar surface area (TPSA) is 49.2 Å². The number of nitrogens with zero attached hydrogens (tertiary/aromatic N) is 5. The van der Waals surface area contributed by atoms with Crippen LogP contribution in [0, 0.1) is 26.7 Å². The molecule has 182 valence electrons. The highest BCUT2D eigenvalue weighted by molar-refractivity contribution is 5.76. The number of rotatable bonds is 6. The third kappa shape index (κ3) is 5.28. The molecule has 1 saturated heterocycles. The Hall–Kier alpha value is -2.44. The third-order valence-electron chi connectivity index (χ3n) is 7.84. The van der Waals surface area contributed by atoms with Gasteiger partial charge < -0.3 is 19.7 Å². The Morgan fingerprint density at radius 1 is 0.912 bits per heavy atom. The van der Waals surface area contributed by atoms with E-state index in [4.69, 9.17) is 9.97 Å². The average molecular weight is 461 g/mol. The van der Waals surface area contributed by atoms with Gasteiger partial charge in [0.2, 0.25) is 0 Å². The molecule has 6 nitrogen and oxygen atoms in total. The van der Waals surface area contributed by atoms with Gasteiger partial charge in [-0.15, -0.1) is 0 Å². The Labute approximate surface area is 204 Å². The smallest absolute Gasteiger partial charge is 0.160 e. The summed E-state index contributed by atoms with van der Waals surface area (Å²) in [7, 11) is 2.24. The fourth-order valence-electron chi connectivity index (χ4n) is 5.71. The molecule has 0 bridgehead atoms. The molecule has 2 aliphatic rings. The van der Waals surface area contributed by atoms with Crippen LogP contribution in [0.3, 0.4) is 0 Å². The van der Waals surface area contributed by atoms with E-state index < -0.39 is 0 Å². The first kappa shape index (κ1) is 23.3. The number of imidazole rings is 1. The lowest BCUT2D eigenvalue weighted by Gasteiger charge is -2.37. The van der Waals surface area contributed by atoms with Gasteiger partial charge >= 0.3 is 0 Å². The van der Waals surface area contributed by atoms with Crippen LogP contribution in [0.4, 0.5) is 5.69 Å². The zero-order chi connectivity index (χ0) is 23.7. The summed E-state index contributed by atoms with van der Waals surface area (Å²) in [5.41, 5.74) is 6.77. The summed E-state index contributed by atoms with van der Waals surface area (Å²) >= 11 is 0. The normalized spacial score (nSPS) is 22.4. The number of piperazine rings is 1. The molecule has 0 amide bonds. The van der Waals surface area contributed by atoms with E-state index >= 15 is 0 Å². The summed E-state index contributed by atoms with van der Waals surface area (Å²) < 4.78 is 2.24. The Morgan fingerprint density at radius 2 is 1.62 bits per heavy atom. The minimum atomic E-state index is 0.601. The largest absolute Gasteiger partial charge is 0.382 e. The van der Waals surface area contributed by atoms with Crippen molar-refractivity contribution in [2.45, 2.75) is 59.0 Å². The highest BCUT2D eigenvalue weighted by Crippen LogP contribution is 2.28. The molecule has 2 fully saturated rings. The molecular formula is C28H40N6. The van der Waals surface area contributed by atoms with Gasteiger partial charge in [0.25, 0.3) is 0 Å². The number of anilines is 1. The maximum Gasteiger partial charge on any atom is 0.160 e. The van der Waals surface area contributed by atoms with Crippen molar-refractivity contribution >= 4 is 16.9 Å². The molecular weight excluding hydrogens is 420 g/mol. The second-order valence-corrected chi connectivity index (χ2v) is 10.7. The molecule has 1 aromatic carbocycles. The zero-order valence-electron chi connectivity index (χ0n) is 21.3. The summed E-state index contributed by atoms with van der Waals surface area (Å²) in [5.74, 6) is 1.89. The van der Waals surface area contributed by atoms with Crippen LogP contribution in [0.25, 0.3) is 11.2 Å². The maximum atomic E-state index is 4.78. The number of pyridine rings is 1. The molecule has 2 aromatic heterocycles. The van der Waals surface area contributed by atoms with Gasteiger partial charge in [-0.2, -0.15) is 0 Å². The summed E-state index contributed by atoms with van der Waals surface area (Å²) in [4.78, 5) is 14.7. The molecule has 3 aromatic rings. The number of hydrogen-bond acceptors (Lipinski definition) is 5. The fourth-order valence-corrected chi connectivity index (χ4v) is 5.71. The van der Waals surface area contributed by atoms with Crippen LogP contribution in [-0.2, 0) is 6.54 Å². The van der Waals surface area contributed by atoms with Crippen LogP contribution in [0.15, 0.2) is 30.3 Å². The van der Waals surface area contributed by atoms with Crippen molar-refractivity contribution in [1.29, 1.82) is 0 Å². The molecule has 0 spiro atoms. The van der Waals surface area contributed by atoms with E-state index in [0.29, 0.717) is 6.04 Å². The van der Waals surface area contributed by atoms with E-state index in [1.165, 1.54) is 75.2 Å². The number of hydrogen-bond donors (Lipinski definition) is 1. The van der Waals surface area contributed by atoms with Crippen LogP contribution < -0.4 is 5.32 Å². The van der Waals surface area contributed by atoms with Crippen molar-refractivity contribution in [3.05, 3.63) is 53.0 Å². The second kappa shape index (κ2) is 10.0. The van der Waals surface area contributed by atoms with E-state index in [1.54, 1.807) is 0 Å². The van der Waals surface area contributed by atoms with Crippen LogP contribution in [0.1, 0.15) is 48.3 Å². The number of aromatic nitrogens is 3. The van der Waals surface area contributed by atoms with Gasteiger partial charge in [0.1, 0.15) is 11.3 Å². The lowest BCUT2D eigenvalue weighted by molar-refractivity contribution is 0.124. The summed E-state index contributed by atoms with van der Waals surface area (Å²) in [6.07, 6.45) is 5.26. The Kier molecular flexibility index (Phi) is 6.89. The van der Waals surface area contributed by atoms with Crippen molar-refractivity contribution < 1.29 is 0 Å². The van der Waals surface area contributed by atoms with E-state index in [-0.39, 0.29) is 0 Å². The highest BCUT2D eigenvalue weighted by atomic mass is 15.2. The van der Waals surface area contributed by atoms with Gasteiger partial charge in [0.05, 0.1) is 6.54 Å². The predicted octanol–water partition coefficient (Wildman–Crippen LogP) is 4.62. The molecule has 6 heteroatoms. The van der Waals surface area contributed by atoms with Crippen molar-refractivity contribution in [3.63, 3.8) is 0 Å². The predicted molar refractivity (Wildman–Crippen MR) is 141 cm³/mol. The van der Waals surface area contributed by atoms with Gasteiger partial charge in [0.15, 0.2) is 5.65 Å². The van der Waals surface area contributed by atoms with Crippen LogP contribution in [0.2, 0.25) is 0 Å². The van der Waals surface area contributed by atoms with Gasteiger partial charge in [-0.05, 0) is 88.7 Å². The van der Waals surface area contributed by atoms with Gasteiger partial charge in [-0.1, -0.05) is 12.1 Å². The van der Waals surface area contributed by atoms with E-state index in [1.807, 2.05) is 0 Å².